The van der Waals surface area contributed by atoms with Gasteiger partial charge in [0, 0.05) is 19.1 Å². The third-order valence-corrected chi connectivity index (χ3v) is 6.10. The molecule has 1 aliphatic rings. The fraction of sp³-hybridized carbons (Fsp3) is 0.529. The number of halogens is 1. The molecule has 1 aromatic rings. The number of amides is 1. The Hall–Kier alpha value is -1.82. The average Bonchev–Trinajstić information content (AvgIpc) is 2.53. The minimum atomic E-state index is -3.71. The SMILES string of the molecule is CC(C)(C)OC(=O)NC1CCN(S(=O)(=O)c2ccc(Cl)c(C#N)c2)CC1. The van der Waals surface area contributed by atoms with Crippen molar-refractivity contribution in [1.82, 2.24) is 9.62 Å². The van der Waals surface area contributed by atoms with Gasteiger partial charge in [-0.25, -0.2) is 13.2 Å². The van der Waals surface area contributed by atoms with Crippen molar-refractivity contribution >= 4 is 27.7 Å². The Morgan fingerprint density at radius 1 is 1.35 bits per heavy atom. The van der Waals surface area contributed by atoms with E-state index in [0.717, 1.165) is 0 Å². The summed E-state index contributed by atoms with van der Waals surface area (Å²) >= 11 is 5.86. The molecular formula is C17H22ClN3O4S. The van der Waals surface area contributed by atoms with E-state index >= 15 is 0 Å². The number of benzene rings is 1. The first-order chi connectivity index (χ1) is 12.0. The summed E-state index contributed by atoms with van der Waals surface area (Å²) in [6.45, 7) is 5.89. The van der Waals surface area contributed by atoms with Gasteiger partial charge in [0.1, 0.15) is 11.7 Å². The van der Waals surface area contributed by atoms with E-state index in [4.69, 9.17) is 21.6 Å². The molecule has 2 rings (SSSR count). The van der Waals surface area contributed by atoms with Crippen LogP contribution in [-0.4, -0.2) is 43.5 Å². The molecule has 9 heteroatoms. The maximum Gasteiger partial charge on any atom is 0.407 e. The molecule has 26 heavy (non-hydrogen) atoms. The quantitative estimate of drug-likeness (QED) is 0.842. The Bertz CT molecular complexity index is 819. The van der Waals surface area contributed by atoms with Gasteiger partial charge in [0.05, 0.1) is 15.5 Å². The smallest absolute Gasteiger partial charge is 0.407 e. The number of piperidine rings is 1. The lowest BCUT2D eigenvalue weighted by Crippen LogP contribution is -2.47. The largest absolute Gasteiger partial charge is 0.444 e. The van der Waals surface area contributed by atoms with E-state index in [0.29, 0.717) is 12.8 Å². The van der Waals surface area contributed by atoms with Gasteiger partial charge in [0.2, 0.25) is 10.0 Å². The zero-order valence-electron chi connectivity index (χ0n) is 15.0. The number of sulfonamides is 1. The number of nitrogens with one attached hydrogen (secondary N) is 1. The standard InChI is InChI=1S/C17H22ClN3O4S/c1-17(2,3)25-16(22)20-13-6-8-21(9-7-13)26(23,24)14-4-5-15(18)12(10-14)11-19/h4-5,10,13H,6-9H2,1-3H3,(H,20,22). The number of alkyl carbamates (subject to hydrolysis) is 1. The minimum Gasteiger partial charge on any atom is -0.444 e. The van der Waals surface area contributed by atoms with E-state index in [-0.39, 0.29) is 34.6 Å². The first kappa shape index (κ1) is 20.5. The highest BCUT2D eigenvalue weighted by Gasteiger charge is 2.31. The summed E-state index contributed by atoms with van der Waals surface area (Å²) in [5, 5.41) is 12.0. The molecule has 1 heterocycles. The summed E-state index contributed by atoms with van der Waals surface area (Å²) in [5.41, 5.74) is -0.463. The van der Waals surface area contributed by atoms with Crippen LogP contribution in [0, 0.1) is 11.3 Å². The maximum atomic E-state index is 12.7. The predicted molar refractivity (Wildman–Crippen MR) is 97.3 cm³/mol. The van der Waals surface area contributed by atoms with Gasteiger partial charge in [-0.3, -0.25) is 0 Å². The third kappa shape index (κ3) is 5.10. The Balaban J connectivity index is 2.01. The third-order valence-electron chi connectivity index (χ3n) is 3.87. The van der Waals surface area contributed by atoms with Crippen molar-refractivity contribution in [2.45, 2.75) is 50.2 Å². The highest BCUT2D eigenvalue weighted by atomic mass is 35.5. The second-order valence-corrected chi connectivity index (χ2v) is 9.42. The molecular weight excluding hydrogens is 378 g/mol. The molecule has 0 spiro atoms. The van der Waals surface area contributed by atoms with Gasteiger partial charge in [-0.2, -0.15) is 9.57 Å². The number of hydrogen-bond donors (Lipinski definition) is 1. The molecule has 1 amide bonds. The van der Waals surface area contributed by atoms with Crippen molar-refractivity contribution in [2.24, 2.45) is 0 Å². The number of nitriles is 1. The van der Waals surface area contributed by atoms with Gasteiger partial charge >= 0.3 is 6.09 Å². The Kier molecular flexibility index (Phi) is 6.17. The molecule has 0 radical (unpaired) electrons. The molecule has 1 saturated heterocycles. The van der Waals surface area contributed by atoms with Crippen molar-refractivity contribution in [1.29, 1.82) is 5.26 Å². The van der Waals surface area contributed by atoms with E-state index in [2.05, 4.69) is 5.32 Å². The number of carbonyl (C=O) groups excluding carboxylic acids is 1. The normalized spacial score (nSPS) is 16.7. The van der Waals surface area contributed by atoms with E-state index in [1.807, 2.05) is 6.07 Å². The monoisotopic (exact) mass is 399 g/mol. The van der Waals surface area contributed by atoms with E-state index in [1.54, 1.807) is 20.8 Å². The molecule has 0 saturated carbocycles. The number of hydrogen-bond acceptors (Lipinski definition) is 5. The fourth-order valence-electron chi connectivity index (χ4n) is 2.61. The maximum absolute atomic E-state index is 12.7. The molecule has 1 fully saturated rings. The molecule has 142 valence electrons. The van der Waals surface area contributed by atoms with Crippen LogP contribution in [0.5, 0.6) is 0 Å². The van der Waals surface area contributed by atoms with Gasteiger partial charge in [-0.05, 0) is 51.8 Å². The number of carbonyl (C=O) groups is 1. The summed E-state index contributed by atoms with van der Waals surface area (Å²) in [4.78, 5) is 11.9. The van der Waals surface area contributed by atoms with Crippen molar-refractivity contribution in [2.75, 3.05) is 13.1 Å². The van der Waals surface area contributed by atoms with Gasteiger partial charge in [0.25, 0.3) is 0 Å². The van der Waals surface area contributed by atoms with Crippen LogP contribution in [-0.2, 0) is 14.8 Å². The summed E-state index contributed by atoms with van der Waals surface area (Å²) in [6, 6.07) is 5.82. The number of nitrogens with zero attached hydrogens (tertiary/aromatic N) is 2. The second kappa shape index (κ2) is 7.82. The fourth-order valence-corrected chi connectivity index (χ4v) is 4.27. The van der Waals surface area contributed by atoms with Gasteiger partial charge < -0.3 is 10.1 Å². The molecule has 0 bridgehead atoms. The summed E-state index contributed by atoms with van der Waals surface area (Å²) in [7, 11) is -3.71. The summed E-state index contributed by atoms with van der Waals surface area (Å²) in [5.74, 6) is 0. The van der Waals surface area contributed by atoms with Crippen LogP contribution in [0.25, 0.3) is 0 Å². The van der Waals surface area contributed by atoms with Gasteiger partial charge in [0.15, 0.2) is 0 Å². The molecule has 0 aromatic heterocycles. The Morgan fingerprint density at radius 3 is 2.50 bits per heavy atom. The molecule has 0 aliphatic carbocycles. The van der Waals surface area contributed by atoms with Crippen LogP contribution in [0.2, 0.25) is 5.02 Å². The molecule has 7 nitrogen and oxygen atoms in total. The van der Waals surface area contributed by atoms with E-state index in [9.17, 15) is 13.2 Å². The molecule has 0 atom stereocenters. The first-order valence-corrected chi connectivity index (χ1v) is 10.0. The van der Waals surface area contributed by atoms with Crippen molar-refractivity contribution in [3.05, 3.63) is 28.8 Å². The zero-order valence-corrected chi connectivity index (χ0v) is 16.5. The lowest BCUT2D eigenvalue weighted by atomic mass is 10.1. The summed E-state index contributed by atoms with van der Waals surface area (Å²) < 4.78 is 32.1. The molecule has 1 aromatic carbocycles. The van der Waals surface area contributed by atoms with Crippen LogP contribution < -0.4 is 5.32 Å². The second-order valence-electron chi connectivity index (χ2n) is 7.08. The predicted octanol–water partition coefficient (Wildman–Crippen LogP) is 2.89. The summed E-state index contributed by atoms with van der Waals surface area (Å²) in [6.07, 6.45) is 0.462. The van der Waals surface area contributed by atoms with Gasteiger partial charge in [-0.1, -0.05) is 11.6 Å². The highest BCUT2D eigenvalue weighted by Crippen LogP contribution is 2.25. The Labute approximate surface area is 158 Å². The molecule has 1 aliphatic heterocycles. The lowest BCUT2D eigenvalue weighted by Gasteiger charge is -2.32. The average molecular weight is 400 g/mol. The van der Waals surface area contributed by atoms with E-state index < -0.39 is 21.7 Å². The lowest BCUT2D eigenvalue weighted by molar-refractivity contribution is 0.0489. The van der Waals surface area contributed by atoms with Crippen molar-refractivity contribution in [3.8, 4) is 6.07 Å². The molecule has 1 N–H and O–H groups in total. The van der Waals surface area contributed by atoms with Crippen molar-refractivity contribution < 1.29 is 17.9 Å². The van der Waals surface area contributed by atoms with Crippen LogP contribution in [0.1, 0.15) is 39.2 Å². The van der Waals surface area contributed by atoms with Crippen LogP contribution in [0.15, 0.2) is 23.1 Å². The topological polar surface area (TPSA) is 99.5 Å². The van der Waals surface area contributed by atoms with Gasteiger partial charge in [-0.15, -0.1) is 0 Å². The zero-order chi connectivity index (χ0) is 19.5. The van der Waals surface area contributed by atoms with Crippen molar-refractivity contribution in [3.63, 3.8) is 0 Å². The number of ether oxygens (including phenoxy) is 1. The van der Waals surface area contributed by atoms with Crippen LogP contribution in [0.3, 0.4) is 0 Å². The van der Waals surface area contributed by atoms with Crippen LogP contribution >= 0.6 is 11.6 Å². The molecule has 0 unspecified atom stereocenters. The minimum absolute atomic E-state index is 0.0389. The first-order valence-electron chi connectivity index (χ1n) is 8.22. The highest BCUT2D eigenvalue weighted by molar-refractivity contribution is 7.89. The van der Waals surface area contributed by atoms with Crippen LogP contribution in [0.4, 0.5) is 4.79 Å². The Morgan fingerprint density at radius 2 is 1.96 bits per heavy atom. The van der Waals surface area contributed by atoms with E-state index in [1.165, 1.54) is 22.5 Å². The number of rotatable bonds is 3.